The number of anilines is 1. The van der Waals surface area contributed by atoms with Gasteiger partial charge in [-0.15, -0.1) is 0 Å². The lowest BCUT2D eigenvalue weighted by Crippen LogP contribution is -2.34. The minimum atomic E-state index is 0.656. The highest BCUT2D eigenvalue weighted by molar-refractivity contribution is 7.99. The molecule has 0 atom stereocenters. The van der Waals surface area contributed by atoms with E-state index in [4.69, 9.17) is 12.2 Å². The van der Waals surface area contributed by atoms with Crippen molar-refractivity contribution < 1.29 is 0 Å². The molecule has 0 radical (unpaired) electrons. The van der Waals surface area contributed by atoms with Gasteiger partial charge in [0.15, 0.2) is 5.11 Å². The maximum absolute atomic E-state index is 5.36. The van der Waals surface area contributed by atoms with Crippen LogP contribution in [0.1, 0.15) is 0 Å². The van der Waals surface area contributed by atoms with Gasteiger partial charge in [0.1, 0.15) is 0 Å². The van der Waals surface area contributed by atoms with Crippen LogP contribution in [-0.4, -0.2) is 37.2 Å². The highest BCUT2D eigenvalue weighted by Gasteiger charge is 2.05. The molecule has 0 spiro atoms. The summed E-state index contributed by atoms with van der Waals surface area (Å²) in [5, 5.41) is 7.16. The van der Waals surface area contributed by atoms with E-state index in [1.807, 2.05) is 50.5 Å². The summed E-state index contributed by atoms with van der Waals surface area (Å²) >= 11 is 7.09. The topological polar surface area (TPSA) is 27.3 Å². The summed E-state index contributed by atoms with van der Waals surface area (Å²) in [4.78, 5) is 4.49. The second-order valence-electron chi connectivity index (χ2n) is 5.10. The Balaban J connectivity index is 1.98. The first-order valence-corrected chi connectivity index (χ1v) is 8.39. The van der Waals surface area contributed by atoms with E-state index in [0.29, 0.717) is 5.11 Å². The summed E-state index contributed by atoms with van der Waals surface area (Å²) in [5.74, 6) is 0. The zero-order valence-corrected chi connectivity index (χ0v) is 14.5. The molecule has 2 aromatic rings. The Morgan fingerprint density at radius 2 is 1.73 bits per heavy atom. The van der Waals surface area contributed by atoms with Crippen LogP contribution in [0.3, 0.4) is 0 Å². The molecule has 0 aliphatic heterocycles. The molecule has 0 aliphatic carbocycles. The number of benzene rings is 2. The van der Waals surface area contributed by atoms with Gasteiger partial charge in [-0.1, -0.05) is 42.1 Å². The van der Waals surface area contributed by atoms with Gasteiger partial charge < -0.3 is 15.5 Å². The molecule has 0 amide bonds. The minimum Gasteiger partial charge on any atom is -0.361 e. The Bertz CT molecular complexity index is 600. The number of para-hydroxylation sites is 1. The second kappa shape index (κ2) is 8.78. The molecule has 0 saturated heterocycles. The maximum Gasteiger partial charge on any atom is 0.170 e. The normalized spacial score (nSPS) is 10.5. The summed E-state index contributed by atoms with van der Waals surface area (Å²) in [7, 11) is 4.09. The van der Waals surface area contributed by atoms with Gasteiger partial charge in [0.05, 0.1) is 5.69 Å². The van der Waals surface area contributed by atoms with Crippen LogP contribution in [0, 0.1) is 0 Å². The number of hydrogen-bond acceptors (Lipinski definition) is 3. The molecule has 0 bridgehead atoms. The van der Waals surface area contributed by atoms with Crippen molar-refractivity contribution in [1.29, 1.82) is 0 Å². The lowest BCUT2D eigenvalue weighted by Gasteiger charge is -2.15. The molecule has 0 saturated carbocycles. The number of likely N-dealkylation sites (N-methyl/N-ethyl adjacent to an activating group) is 1. The number of hydrogen-bond donors (Lipinski definition) is 2. The predicted molar refractivity (Wildman–Crippen MR) is 99.8 cm³/mol. The Kier molecular flexibility index (Phi) is 6.71. The highest BCUT2D eigenvalue weighted by atomic mass is 32.2. The SMILES string of the molecule is CN(C)CCNC(=S)Nc1ccccc1Sc1ccccc1. The molecule has 2 rings (SSSR count). The van der Waals surface area contributed by atoms with E-state index >= 15 is 0 Å². The molecule has 0 aliphatic rings. The maximum atomic E-state index is 5.36. The third-order valence-corrected chi connectivity index (χ3v) is 4.28. The molecule has 3 nitrogen and oxygen atoms in total. The van der Waals surface area contributed by atoms with Gasteiger partial charge in [-0.25, -0.2) is 0 Å². The molecule has 2 aromatic carbocycles. The van der Waals surface area contributed by atoms with Crippen LogP contribution in [0.15, 0.2) is 64.4 Å². The zero-order valence-electron chi connectivity index (χ0n) is 12.9. The standard InChI is InChI=1S/C17H21N3S2/c1-20(2)13-12-18-17(21)19-15-10-6-7-11-16(15)22-14-8-4-3-5-9-14/h3-11H,12-13H2,1-2H3,(H2,18,19,21). The van der Waals surface area contributed by atoms with Gasteiger partial charge in [-0.3, -0.25) is 0 Å². The summed E-state index contributed by atoms with van der Waals surface area (Å²) in [5.41, 5.74) is 1.03. The molecule has 5 heteroatoms. The molecule has 116 valence electrons. The fourth-order valence-corrected chi connectivity index (χ4v) is 2.97. The molecule has 22 heavy (non-hydrogen) atoms. The van der Waals surface area contributed by atoms with Gasteiger partial charge >= 0.3 is 0 Å². The molecular weight excluding hydrogens is 310 g/mol. The third kappa shape index (κ3) is 5.67. The van der Waals surface area contributed by atoms with Gasteiger partial charge in [0.25, 0.3) is 0 Å². The van der Waals surface area contributed by atoms with E-state index in [2.05, 4.69) is 33.7 Å². The number of thiocarbonyl (C=S) groups is 1. The van der Waals surface area contributed by atoms with E-state index in [-0.39, 0.29) is 0 Å². The lowest BCUT2D eigenvalue weighted by molar-refractivity contribution is 0.413. The average molecular weight is 332 g/mol. The van der Waals surface area contributed by atoms with Crippen LogP contribution in [0.25, 0.3) is 0 Å². The summed E-state index contributed by atoms with van der Waals surface area (Å²) in [6.07, 6.45) is 0. The number of nitrogens with zero attached hydrogens (tertiary/aromatic N) is 1. The zero-order chi connectivity index (χ0) is 15.8. The van der Waals surface area contributed by atoms with Crippen LogP contribution in [-0.2, 0) is 0 Å². The first kappa shape index (κ1) is 16.8. The fourth-order valence-electron chi connectivity index (χ4n) is 1.83. The van der Waals surface area contributed by atoms with Crippen molar-refractivity contribution in [3.8, 4) is 0 Å². The molecule has 0 aromatic heterocycles. The quantitative estimate of drug-likeness (QED) is 0.788. The Morgan fingerprint density at radius 1 is 1.05 bits per heavy atom. The van der Waals surface area contributed by atoms with Crippen molar-refractivity contribution in [2.75, 3.05) is 32.5 Å². The van der Waals surface area contributed by atoms with Crippen molar-refractivity contribution in [1.82, 2.24) is 10.2 Å². The summed E-state index contributed by atoms with van der Waals surface area (Å²) in [6.45, 7) is 1.77. The molecule has 0 unspecified atom stereocenters. The van der Waals surface area contributed by atoms with Gasteiger partial charge in [0, 0.05) is 22.9 Å². The highest BCUT2D eigenvalue weighted by Crippen LogP contribution is 2.33. The van der Waals surface area contributed by atoms with Crippen LogP contribution < -0.4 is 10.6 Å². The largest absolute Gasteiger partial charge is 0.361 e. The monoisotopic (exact) mass is 331 g/mol. The van der Waals surface area contributed by atoms with E-state index < -0.39 is 0 Å². The molecule has 2 N–H and O–H groups in total. The molecule has 0 heterocycles. The van der Waals surface area contributed by atoms with Gasteiger partial charge in [-0.05, 0) is 50.6 Å². The molecular formula is C17H21N3S2. The number of nitrogens with one attached hydrogen (secondary N) is 2. The van der Waals surface area contributed by atoms with E-state index in [1.54, 1.807) is 11.8 Å². The van der Waals surface area contributed by atoms with Crippen molar-refractivity contribution in [2.24, 2.45) is 0 Å². The predicted octanol–water partition coefficient (Wildman–Crippen LogP) is 3.69. The first-order chi connectivity index (χ1) is 10.6. The van der Waals surface area contributed by atoms with Crippen molar-refractivity contribution in [3.05, 3.63) is 54.6 Å². The van der Waals surface area contributed by atoms with Crippen LogP contribution in [0.5, 0.6) is 0 Å². The van der Waals surface area contributed by atoms with Crippen molar-refractivity contribution in [3.63, 3.8) is 0 Å². The van der Waals surface area contributed by atoms with Gasteiger partial charge in [-0.2, -0.15) is 0 Å². The smallest absolute Gasteiger partial charge is 0.170 e. The molecule has 0 fully saturated rings. The van der Waals surface area contributed by atoms with E-state index in [0.717, 1.165) is 23.7 Å². The summed E-state index contributed by atoms with van der Waals surface area (Å²) < 4.78 is 0. The van der Waals surface area contributed by atoms with Crippen molar-refractivity contribution in [2.45, 2.75) is 9.79 Å². The fraction of sp³-hybridized carbons (Fsp3) is 0.235. The van der Waals surface area contributed by atoms with E-state index in [9.17, 15) is 0 Å². The Labute approximate surface area is 142 Å². The van der Waals surface area contributed by atoms with Crippen LogP contribution in [0.4, 0.5) is 5.69 Å². The summed E-state index contributed by atoms with van der Waals surface area (Å²) in [6, 6.07) is 18.5. The minimum absolute atomic E-state index is 0.656. The van der Waals surface area contributed by atoms with Crippen LogP contribution >= 0.6 is 24.0 Å². The average Bonchev–Trinajstić information content (AvgIpc) is 2.50. The number of rotatable bonds is 6. The van der Waals surface area contributed by atoms with Crippen molar-refractivity contribution >= 4 is 34.8 Å². The van der Waals surface area contributed by atoms with E-state index in [1.165, 1.54) is 4.90 Å². The first-order valence-electron chi connectivity index (χ1n) is 7.16. The van der Waals surface area contributed by atoms with Crippen LogP contribution in [0.2, 0.25) is 0 Å². The third-order valence-electron chi connectivity index (χ3n) is 2.95. The Hall–Kier alpha value is -1.56. The second-order valence-corrected chi connectivity index (χ2v) is 6.62. The van der Waals surface area contributed by atoms with Gasteiger partial charge in [0.2, 0.25) is 0 Å². The lowest BCUT2D eigenvalue weighted by atomic mass is 10.3. The Morgan fingerprint density at radius 3 is 2.45 bits per heavy atom.